The van der Waals surface area contributed by atoms with Gasteiger partial charge in [-0.2, -0.15) is 13.2 Å². The molecule has 1 aromatic carbocycles. The van der Waals surface area contributed by atoms with Gasteiger partial charge in [0.1, 0.15) is 0 Å². The Morgan fingerprint density at radius 1 is 1.19 bits per heavy atom. The van der Waals surface area contributed by atoms with E-state index in [1.807, 2.05) is 0 Å². The van der Waals surface area contributed by atoms with Gasteiger partial charge in [-0.25, -0.2) is 4.79 Å². The highest BCUT2D eigenvalue weighted by atomic mass is 79.9. The van der Waals surface area contributed by atoms with Crippen molar-refractivity contribution in [1.29, 1.82) is 0 Å². The van der Waals surface area contributed by atoms with E-state index in [2.05, 4.69) is 31.9 Å². The van der Waals surface area contributed by atoms with Crippen LogP contribution in [-0.2, 0) is 14.1 Å². The Morgan fingerprint density at radius 3 is 2.24 bits per heavy atom. The number of aryl methyl sites for hydroxylation is 2. The predicted molar refractivity (Wildman–Crippen MR) is 82.8 cm³/mol. The molecule has 0 saturated carbocycles. The highest BCUT2D eigenvalue weighted by molar-refractivity contribution is 9.11. The molecule has 2 rings (SSSR count). The normalized spacial score (nSPS) is 13.9. The fraction of sp³-hybridized carbons (Fsp3) is 0.462. The van der Waals surface area contributed by atoms with Crippen LogP contribution < -0.4 is 5.69 Å². The van der Waals surface area contributed by atoms with E-state index in [4.69, 9.17) is 0 Å². The second kappa shape index (κ2) is 5.79. The third-order valence-electron chi connectivity index (χ3n) is 3.41. The lowest BCUT2D eigenvalue weighted by molar-refractivity contribution is -0.135. The first kappa shape index (κ1) is 16.6. The van der Waals surface area contributed by atoms with Gasteiger partial charge in [-0.3, -0.25) is 9.13 Å². The molecular weight excluding hydrogens is 417 g/mol. The van der Waals surface area contributed by atoms with Crippen molar-refractivity contribution in [2.45, 2.75) is 23.8 Å². The summed E-state index contributed by atoms with van der Waals surface area (Å²) in [5.41, 5.74) is 1.95. The van der Waals surface area contributed by atoms with Crippen molar-refractivity contribution in [2.75, 3.05) is 0 Å². The molecule has 1 heterocycles. The van der Waals surface area contributed by atoms with Gasteiger partial charge in [0.05, 0.1) is 11.0 Å². The molecule has 1 unspecified atom stereocenters. The third-order valence-corrected chi connectivity index (χ3v) is 5.05. The lowest BCUT2D eigenvalue weighted by Gasteiger charge is -2.14. The fourth-order valence-electron chi connectivity index (χ4n) is 2.22. The van der Waals surface area contributed by atoms with E-state index in [9.17, 15) is 18.0 Å². The maximum atomic E-state index is 12.3. The molecule has 1 atom stereocenters. The van der Waals surface area contributed by atoms with Gasteiger partial charge >= 0.3 is 11.9 Å². The lowest BCUT2D eigenvalue weighted by Crippen LogP contribution is -2.19. The van der Waals surface area contributed by atoms with Crippen LogP contribution in [0.2, 0.25) is 0 Å². The molecule has 0 bridgehead atoms. The summed E-state index contributed by atoms with van der Waals surface area (Å²) in [6, 6.07) is 3.50. The van der Waals surface area contributed by atoms with Crippen molar-refractivity contribution in [1.82, 2.24) is 9.13 Å². The van der Waals surface area contributed by atoms with Gasteiger partial charge in [-0.1, -0.05) is 31.9 Å². The fourth-order valence-corrected chi connectivity index (χ4v) is 3.74. The number of halogens is 5. The number of benzene rings is 1. The molecule has 1 aromatic heterocycles. The number of alkyl halides is 4. The molecule has 0 amide bonds. The number of hydrogen-bond donors (Lipinski definition) is 0. The molecule has 8 heteroatoms. The minimum Gasteiger partial charge on any atom is -0.295 e. The Labute approximate surface area is 136 Å². The maximum absolute atomic E-state index is 12.3. The van der Waals surface area contributed by atoms with Gasteiger partial charge in [-0.15, -0.1) is 0 Å². The molecule has 0 spiro atoms. The van der Waals surface area contributed by atoms with Gasteiger partial charge in [0.15, 0.2) is 0 Å². The molecule has 3 nitrogen and oxygen atoms in total. The van der Waals surface area contributed by atoms with Crippen LogP contribution in [0, 0.1) is 0 Å². The zero-order valence-electron chi connectivity index (χ0n) is 11.3. The predicted octanol–water partition coefficient (Wildman–Crippen LogP) is 4.42. The van der Waals surface area contributed by atoms with E-state index in [0.29, 0.717) is 15.6 Å². The molecule has 2 aromatic rings. The van der Waals surface area contributed by atoms with Crippen molar-refractivity contribution in [3.8, 4) is 0 Å². The molecule has 0 aliphatic carbocycles. The Kier molecular flexibility index (Phi) is 4.58. The molecule has 0 radical (unpaired) electrons. The quantitative estimate of drug-likeness (QED) is 0.663. The Balaban J connectivity index is 2.43. The van der Waals surface area contributed by atoms with E-state index in [1.165, 1.54) is 9.13 Å². The monoisotopic (exact) mass is 428 g/mol. The highest BCUT2D eigenvalue weighted by Gasteiger charge is 2.28. The second-order valence-electron chi connectivity index (χ2n) is 4.88. The molecule has 0 N–H and O–H groups in total. The SMILES string of the molecule is Cn1c(=O)n(C)c2cc(C(Br)CCC(F)(F)F)c(Br)cc21. The average molecular weight is 430 g/mol. The van der Waals surface area contributed by atoms with E-state index >= 15 is 0 Å². The van der Waals surface area contributed by atoms with Crippen LogP contribution in [-0.4, -0.2) is 15.3 Å². The van der Waals surface area contributed by atoms with Gasteiger partial charge in [0.2, 0.25) is 0 Å². The molecule has 21 heavy (non-hydrogen) atoms. The minimum absolute atomic E-state index is 0.0611. The maximum Gasteiger partial charge on any atom is 0.389 e. The van der Waals surface area contributed by atoms with Crippen molar-refractivity contribution < 1.29 is 13.2 Å². The van der Waals surface area contributed by atoms with Crippen molar-refractivity contribution in [2.24, 2.45) is 14.1 Å². The standard InChI is InChI=1S/C13H13Br2F3N2O/c1-19-10-5-7(8(14)3-4-13(16,17)18)9(15)6-11(10)20(2)12(19)21/h5-6,8H,3-4H2,1-2H3. The van der Waals surface area contributed by atoms with Crippen molar-refractivity contribution in [3.63, 3.8) is 0 Å². The molecule has 0 aliphatic rings. The van der Waals surface area contributed by atoms with Crippen LogP contribution in [0.1, 0.15) is 23.2 Å². The molecule has 116 valence electrons. The van der Waals surface area contributed by atoms with Gasteiger partial charge in [-0.05, 0) is 24.1 Å². The highest BCUT2D eigenvalue weighted by Crippen LogP contribution is 2.38. The van der Waals surface area contributed by atoms with Gasteiger partial charge < -0.3 is 0 Å². The molecule has 0 aliphatic heterocycles. The average Bonchev–Trinajstić information content (AvgIpc) is 2.59. The third kappa shape index (κ3) is 3.36. The van der Waals surface area contributed by atoms with E-state index in [-0.39, 0.29) is 12.1 Å². The van der Waals surface area contributed by atoms with Crippen molar-refractivity contribution >= 4 is 42.9 Å². The zero-order chi connectivity index (χ0) is 15.9. The molecule has 0 fully saturated rings. The van der Waals surface area contributed by atoms with Gasteiger partial charge in [0, 0.05) is 29.8 Å². The Bertz CT molecular complexity index is 734. The summed E-state index contributed by atoms with van der Waals surface area (Å²) in [7, 11) is 3.30. The first-order valence-electron chi connectivity index (χ1n) is 6.17. The van der Waals surface area contributed by atoms with Crippen LogP contribution in [0.25, 0.3) is 11.0 Å². The number of rotatable bonds is 3. The Hall–Kier alpha value is -0.760. The minimum atomic E-state index is -4.18. The van der Waals surface area contributed by atoms with Crippen LogP contribution in [0.15, 0.2) is 21.4 Å². The Morgan fingerprint density at radius 2 is 1.71 bits per heavy atom. The number of hydrogen-bond acceptors (Lipinski definition) is 1. The smallest absolute Gasteiger partial charge is 0.295 e. The summed E-state index contributed by atoms with van der Waals surface area (Å²) in [5, 5.41) is 0. The largest absolute Gasteiger partial charge is 0.389 e. The summed E-state index contributed by atoms with van der Waals surface area (Å²) in [5.74, 6) is 0. The van der Waals surface area contributed by atoms with Crippen LogP contribution in [0.4, 0.5) is 13.2 Å². The number of aromatic nitrogens is 2. The van der Waals surface area contributed by atoms with Crippen molar-refractivity contribution in [3.05, 3.63) is 32.7 Å². The number of fused-ring (bicyclic) bond motifs is 1. The summed E-state index contributed by atoms with van der Waals surface area (Å²) in [6.45, 7) is 0. The number of imidazole rings is 1. The second-order valence-corrected chi connectivity index (χ2v) is 6.84. The van der Waals surface area contributed by atoms with Crippen LogP contribution >= 0.6 is 31.9 Å². The summed E-state index contributed by atoms with van der Waals surface area (Å²) in [4.78, 5) is 11.5. The van der Waals surface area contributed by atoms with Crippen LogP contribution in [0.5, 0.6) is 0 Å². The topological polar surface area (TPSA) is 26.9 Å². The summed E-state index contributed by atoms with van der Waals surface area (Å²) < 4.78 is 40.6. The van der Waals surface area contributed by atoms with E-state index in [1.54, 1.807) is 26.2 Å². The summed E-state index contributed by atoms with van der Waals surface area (Å²) >= 11 is 6.67. The van der Waals surface area contributed by atoms with E-state index < -0.39 is 17.4 Å². The lowest BCUT2D eigenvalue weighted by atomic mass is 10.1. The first-order chi connectivity index (χ1) is 9.61. The zero-order valence-corrected chi connectivity index (χ0v) is 14.5. The number of nitrogens with zero attached hydrogens (tertiary/aromatic N) is 2. The summed E-state index contributed by atoms with van der Waals surface area (Å²) in [6.07, 6.45) is -5.10. The first-order valence-corrected chi connectivity index (χ1v) is 7.88. The molecular formula is C13H13Br2F3N2O. The molecule has 0 saturated heterocycles. The van der Waals surface area contributed by atoms with Gasteiger partial charge in [0.25, 0.3) is 0 Å². The van der Waals surface area contributed by atoms with E-state index in [0.717, 1.165) is 5.52 Å². The van der Waals surface area contributed by atoms with Crippen LogP contribution in [0.3, 0.4) is 0 Å².